The van der Waals surface area contributed by atoms with Gasteiger partial charge in [0.1, 0.15) is 11.9 Å². The van der Waals surface area contributed by atoms with E-state index >= 15 is 0 Å². The Bertz CT molecular complexity index is 1150. The van der Waals surface area contributed by atoms with Gasteiger partial charge >= 0.3 is 0 Å². The molecule has 6 nitrogen and oxygen atoms in total. The van der Waals surface area contributed by atoms with Gasteiger partial charge in [-0.3, -0.25) is 0 Å². The minimum Gasteiger partial charge on any atom is -0.419 e. The second-order valence-corrected chi connectivity index (χ2v) is 9.25. The summed E-state index contributed by atoms with van der Waals surface area (Å²) < 4.78 is 48.1. The first-order chi connectivity index (χ1) is 13.8. The second kappa shape index (κ2) is 7.35. The summed E-state index contributed by atoms with van der Waals surface area (Å²) in [6, 6.07) is 9.30. The largest absolute Gasteiger partial charge is 0.419 e. The molecule has 1 saturated heterocycles. The van der Waals surface area contributed by atoms with Crippen molar-refractivity contribution in [3.63, 3.8) is 0 Å². The summed E-state index contributed by atoms with van der Waals surface area (Å²) in [5, 5.41) is 7.99. The van der Waals surface area contributed by atoms with Gasteiger partial charge in [-0.25, -0.2) is 12.8 Å². The lowest BCUT2D eigenvalue weighted by Gasteiger charge is -2.24. The zero-order chi connectivity index (χ0) is 20.8. The van der Waals surface area contributed by atoms with Gasteiger partial charge in [0.05, 0.1) is 10.5 Å². The molecule has 2 heterocycles. The lowest BCUT2D eigenvalue weighted by Crippen LogP contribution is -2.32. The molecule has 3 aromatic rings. The molecule has 0 aliphatic carbocycles. The molecule has 29 heavy (non-hydrogen) atoms. The fourth-order valence-electron chi connectivity index (χ4n) is 4.08. The lowest BCUT2D eigenvalue weighted by atomic mass is 10.1. The Hall–Kier alpha value is -2.58. The highest BCUT2D eigenvalue weighted by atomic mass is 32.2. The van der Waals surface area contributed by atoms with Crippen LogP contribution in [0.1, 0.15) is 41.5 Å². The van der Waals surface area contributed by atoms with Crippen LogP contribution < -0.4 is 0 Å². The molecule has 0 bridgehead atoms. The van der Waals surface area contributed by atoms with Gasteiger partial charge in [0.2, 0.25) is 15.9 Å². The van der Waals surface area contributed by atoms with Gasteiger partial charge in [-0.2, -0.15) is 4.31 Å². The van der Waals surface area contributed by atoms with E-state index in [-0.39, 0.29) is 17.3 Å². The number of aryl methyl sites for hydroxylation is 3. The van der Waals surface area contributed by atoms with Crippen molar-refractivity contribution >= 4 is 10.0 Å². The molecule has 4 rings (SSSR count). The van der Waals surface area contributed by atoms with E-state index in [1.54, 1.807) is 32.0 Å². The van der Waals surface area contributed by atoms with Crippen LogP contribution in [0.25, 0.3) is 11.5 Å². The third kappa shape index (κ3) is 3.47. The number of hydrogen-bond acceptors (Lipinski definition) is 5. The number of halogens is 1. The smallest absolute Gasteiger partial charge is 0.250 e. The van der Waals surface area contributed by atoms with E-state index in [2.05, 4.69) is 10.2 Å². The van der Waals surface area contributed by atoms with E-state index in [0.717, 1.165) is 5.56 Å². The number of hydrogen-bond donors (Lipinski definition) is 0. The summed E-state index contributed by atoms with van der Waals surface area (Å²) in [4.78, 5) is 0.323. The molecule has 1 fully saturated rings. The predicted molar refractivity (Wildman–Crippen MR) is 106 cm³/mol. The summed E-state index contributed by atoms with van der Waals surface area (Å²) in [5.74, 6) is -0.235. The fraction of sp³-hybridized carbons (Fsp3) is 0.333. The first kappa shape index (κ1) is 19.7. The van der Waals surface area contributed by atoms with E-state index in [0.29, 0.717) is 35.4 Å². The van der Waals surface area contributed by atoms with Crippen LogP contribution in [0.5, 0.6) is 0 Å². The number of nitrogens with zero attached hydrogens (tertiary/aromatic N) is 3. The molecule has 1 atom stereocenters. The summed E-state index contributed by atoms with van der Waals surface area (Å²) in [6.45, 7) is 5.93. The van der Waals surface area contributed by atoms with E-state index in [4.69, 9.17) is 4.42 Å². The fourth-order valence-corrected chi connectivity index (χ4v) is 6.14. The first-order valence-electron chi connectivity index (χ1n) is 9.47. The molecule has 0 amide bonds. The molecule has 1 aromatic heterocycles. The third-order valence-electron chi connectivity index (χ3n) is 5.20. The van der Waals surface area contributed by atoms with Crippen molar-refractivity contribution in [1.82, 2.24) is 14.5 Å². The summed E-state index contributed by atoms with van der Waals surface area (Å²) in [5.41, 5.74) is 2.64. The SMILES string of the molecule is Cc1cc(C)c(S(=O)(=O)N2CCCC2c2nnc(-c3ccccc3F)o2)c(C)c1. The monoisotopic (exact) mass is 415 g/mol. The van der Waals surface area contributed by atoms with Gasteiger partial charge in [-0.15, -0.1) is 10.2 Å². The highest BCUT2D eigenvalue weighted by Gasteiger charge is 2.40. The Labute approximate surface area is 169 Å². The maximum atomic E-state index is 14.0. The van der Waals surface area contributed by atoms with Crippen LogP contribution in [0.2, 0.25) is 0 Å². The Morgan fingerprint density at radius 3 is 2.48 bits per heavy atom. The zero-order valence-electron chi connectivity index (χ0n) is 16.5. The average molecular weight is 415 g/mol. The highest BCUT2D eigenvalue weighted by molar-refractivity contribution is 7.89. The number of rotatable bonds is 4. The zero-order valence-corrected chi connectivity index (χ0v) is 17.3. The number of benzene rings is 2. The Kier molecular flexibility index (Phi) is 5.00. The van der Waals surface area contributed by atoms with Gasteiger partial charge in [-0.1, -0.05) is 29.8 Å². The minimum atomic E-state index is -3.75. The van der Waals surface area contributed by atoms with Crippen LogP contribution in [0.4, 0.5) is 4.39 Å². The van der Waals surface area contributed by atoms with Gasteiger partial charge in [-0.05, 0) is 56.9 Å². The van der Waals surface area contributed by atoms with E-state index < -0.39 is 21.9 Å². The van der Waals surface area contributed by atoms with Crippen LogP contribution in [0.15, 0.2) is 45.7 Å². The normalized spacial score (nSPS) is 17.7. The molecule has 0 saturated carbocycles. The molecule has 0 radical (unpaired) electrons. The van der Waals surface area contributed by atoms with Crippen LogP contribution in [0.3, 0.4) is 0 Å². The molecule has 2 aromatic carbocycles. The van der Waals surface area contributed by atoms with Gasteiger partial charge in [0.15, 0.2) is 0 Å². The lowest BCUT2D eigenvalue weighted by molar-refractivity contribution is 0.331. The summed E-state index contributed by atoms with van der Waals surface area (Å²) in [6.07, 6.45) is 1.26. The van der Waals surface area contributed by atoms with Crippen molar-refractivity contribution < 1.29 is 17.2 Å². The topological polar surface area (TPSA) is 76.3 Å². The second-order valence-electron chi connectivity index (χ2n) is 7.43. The number of aromatic nitrogens is 2. The average Bonchev–Trinajstić information content (AvgIpc) is 3.30. The molecular weight excluding hydrogens is 393 g/mol. The Morgan fingerprint density at radius 2 is 1.79 bits per heavy atom. The van der Waals surface area contributed by atoms with Crippen LogP contribution >= 0.6 is 0 Å². The Morgan fingerprint density at radius 1 is 1.10 bits per heavy atom. The summed E-state index contributed by atoms with van der Waals surface area (Å²) >= 11 is 0. The van der Waals surface area contributed by atoms with Crippen molar-refractivity contribution in [3.8, 4) is 11.5 Å². The van der Waals surface area contributed by atoms with Crippen LogP contribution in [-0.2, 0) is 10.0 Å². The van der Waals surface area contributed by atoms with Crippen molar-refractivity contribution in [3.05, 3.63) is 64.8 Å². The van der Waals surface area contributed by atoms with Crippen molar-refractivity contribution in [2.45, 2.75) is 44.6 Å². The van der Waals surface area contributed by atoms with Crippen molar-refractivity contribution in [1.29, 1.82) is 0 Å². The predicted octanol–water partition coefficient (Wildman–Crippen LogP) is 4.33. The maximum Gasteiger partial charge on any atom is 0.250 e. The minimum absolute atomic E-state index is 0.0463. The molecular formula is C21H22FN3O3S. The van der Waals surface area contributed by atoms with Crippen molar-refractivity contribution in [2.24, 2.45) is 0 Å². The molecule has 152 valence electrons. The molecule has 1 unspecified atom stereocenters. The maximum absolute atomic E-state index is 14.0. The van der Waals surface area contributed by atoms with E-state index in [1.807, 2.05) is 19.1 Å². The van der Waals surface area contributed by atoms with Gasteiger partial charge in [0, 0.05) is 6.54 Å². The number of sulfonamides is 1. The van der Waals surface area contributed by atoms with E-state index in [1.165, 1.54) is 10.4 Å². The van der Waals surface area contributed by atoms with Gasteiger partial charge < -0.3 is 4.42 Å². The Balaban J connectivity index is 1.71. The quantitative estimate of drug-likeness (QED) is 0.634. The van der Waals surface area contributed by atoms with E-state index in [9.17, 15) is 12.8 Å². The van der Waals surface area contributed by atoms with Crippen LogP contribution in [0, 0.1) is 26.6 Å². The molecule has 0 N–H and O–H groups in total. The third-order valence-corrected chi connectivity index (χ3v) is 7.42. The van der Waals surface area contributed by atoms with Crippen LogP contribution in [-0.4, -0.2) is 29.5 Å². The summed E-state index contributed by atoms with van der Waals surface area (Å²) in [7, 11) is -3.75. The first-order valence-corrected chi connectivity index (χ1v) is 10.9. The van der Waals surface area contributed by atoms with Gasteiger partial charge in [0.25, 0.3) is 5.89 Å². The molecule has 1 aliphatic heterocycles. The standard InChI is InChI=1S/C21H22FN3O3S/c1-13-11-14(2)19(15(3)12-13)29(26,27)25-10-6-9-18(25)21-24-23-20(28-21)16-7-4-5-8-17(16)22/h4-5,7-8,11-12,18H,6,9-10H2,1-3H3. The molecule has 8 heteroatoms. The molecule has 0 spiro atoms. The highest BCUT2D eigenvalue weighted by Crippen LogP contribution is 2.38. The van der Waals surface area contributed by atoms with Crippen molar-refractivity contribution in [2.75, 3.05) is 6.54 Å². The molecule has 1 aliphatic rings.